The van der Waals surface area contributed by atoms with Gasteiger partial charge >= 0.3 is 0 Å². The van der Waals surface area contributed by atoms with Gasteiger partial charge in [-0.05, 0) is 41.5 Å². The third-order valence-electron chi connectivity index (χ3n) is 4.21. The van der Waals surface area contributed by atoms with Gasteiger partial charge in [0.25, 0.3) is 5.91 Å². The fraction of sp³-hybridized carbons (Fsp3) is 0.182. The fourth-order valence-corrected chi connectivity index (χ4v) is 2.87. The molecular formula is C22H22N2O3. The molecule has 0 fully saturated rings. The molecule has 0 aromatic heterocycles. The molecule has 5 heteroatoms. The molecular weight excluding hydrogens is 340 g/mol. The molecule has 0 aliphatic rings. The van der Waals surface area contributed by atoms with Crippen molar-refractivity contribution in [2.24, 2.45) is 0 Å². The van der Waals surface area contributed by atoms with Gasteiger partial charge in [-0.1, -0.05) is 48.5 Å². The molecule has 27 heavy (non-hydrogen) atoms. The molecule has 1 atom stereocenters. The van der Waals surface area contributed by atoms with Crippen LogP contribution in [0.5, 0.6) is 5.75 Å². The number of carbonyl (C=O) groups is 2. The highest BCUT2D eigenvalue weighted by molar-refractivity contribution is 5.90. The SMILES string of the molecule is CC(=O)Nc1ccccc1OCC(=O)N[C@H](C)c1ccc2ccccc2c1. The Morgan fingerprint density at radius 1 is 0.963 bits per heavy atom. The third kappa shape index (κ3) is 4.85. The van der Waals surface area contributed by atoms with Gasteiger partial charge in [0.2, 0.25) is 5.91 Å². The number of anilines is 1. The van der Waals surface area contributed by atoms with Crippen molar-refractivity contribution < 1.29 is 14.3 Å². The monoisotopic (exact) mass is 362 g/mol. The van der Waals surface area contributed by atoms with E-state index in [1.165, 1.54) is 6.92 Å². The lowest BCUT2D eigenvalue weighted by Gasteiger charge is -2.16. The summed E-state index contributed by atoms with van der Waals surface area (Å²) in [5.74, 6) is 0.0370. The van der Waals surface area contributed by atoms with E-state index in [0.717, 1.165) is 16.3 Å². The molecule has 2 amide bonds. The standard InChI is InChI=1S/C22H22N2O3/c1-15(18-12-11-17-7-3-4-8-19(17)13-18)23-22(26)14-27-21-10-6-5-9-20(21)24-16(2)25/h3-13,15H,14H2,1-2H3,(H,23,26)(H,24,25)/t15-/m1/s1. The fourth-order valence-electron chi connectivity index (χ4n) is 2.87. The minimum atomic E-state index is -0.228. The second-order valence-corrected chi connectivity index (χ2v) is 6.36. The van der Waals surface area contributed by atoms with Crippen molar-refractivity contribution in [2.45, 2.75) is 19.9 Å². The van der Waals surface area contributed by atoms with Crippen LogP contribution in [0.15, 0.2) is 66.7 Å². The summed E-state index contributed by atoms with van der Waals surface area (Å²) in [5.41, 5.74) is 1.57. The van der Waals surface area contributed by atoms with E-state index in [1.807, 2.05) is 31.2 Å². The van der Waals surface area contributed by atoms with Crippen molar-refractivity contribution in [3.63, 3.8) is 0 Å². The first-order valence-electron chi connectivity index (χ1n) is 8.80. The average molecular weight is 362 g/mol. The van der Waals surface area contributed by atoms with Crippen LogP contribution in [-0.2, 0) is 9.59 Å². The van der Waals surface area contributed by atoms with Crippen molar-refractivity contribution in [3.05, 3.63) is 72.3 Å². The Morgan fingerprint density at radius 3 is 2.44 bits per heavy atom. The molecule has 0 bridgehead atoms. The van der Waals surface area contributed by atoms with Crippen LogP contribution in [0.4, 0.5) is 5.69 Å². The van der Waals surface area contributed by atoms with Gasteiger partial charge in [0.1, 0.15) is 5.75 Å². The van der Waals surface area contributed by atoms with Crippen molar-refractivity contribution >= 4 is 28.3 Å². The number of fused-ring (bicyclic) bond motifs is 1. The van der Waals surface area contributed by atoms with Crippen LogP contribution in [0.2, 0.25) is 0 Å². The van der Waals surface area contributed by atoms with Crippen molar-refractivity contribution in [3.8, 4) is 5.75 Å². The molecule has 0 aliphatic carbocycles. The van der Waals surface area contributed by atoms with Crippen LogP contribution in [0, 0.1) is 0 Å². The van der Waals surface area contributed by atoms with Gasteiger partial charge in [-0.3, -0.25) is 9.59 Å². The average Bonchev–Trinajstić information content (AvgIpc) is 2.66. The Labute approximate surface area is 158 Å². The summed E-state index contributed by atoms with van der Waals surface area (Å²) in [6.07, 6.45) is 0. The van der Waals surface area contributed by atoms with Crippen molar-refractivity contribution in [1.29, 1.82) is 0 Å². The topological polar surface area (TPSA) is 67.4 Å². The molecule has 0 heterocycles. The molecule has 0 radical (unpaired) electrons. The molecule has 0 aliphatic heterocycles. The number of carbonyl (C=O) groups excluding carboxylic acids is 2. The number of amides is 2. The maximum atomic E-state index is 12.3. The molecule has 2 N–H and O–H groups in total. The van der Waals surface area contributed by atoms with E-state index < -0.39 is 0 Å². The molecule has 0 spiro atoms. The summed E-state index contributed by atoms with van der Waals surface area (Å²) in [4.78, 5) is 23.5. The second kappa shape index (κ2) is 8.36. The summed E-state index contributed by atoms with van der Waals surface area (Å²) in [7, 11) is 0. The lowest BCUT2D eigenvalue weighted by atomic mass is 10.0. The van der Waals surface area contributed by atoms with E-state index in [4.69, 9.17) is 4.74 Å². The molecule has 0 saturated heterocycles. The summed E-state index contributed by atoms with van der Waals surface area (Å²) in [6, 6.07) is 21.1. The van der Waals surface area contributed by atoms with Gasteiger partial charge in [0, 0.05) is 6.92 Å². The van der Waals surface area contributed by atoms with Crippen LogP contribution in [-0.4, -0.2) is 18.4 Å². The van der Waals surface area contributed by atoms with E-state index in [2.05, 4.69) is 28.8 Å². The highest BCUT2D eigenvalue weighted by Crippen LogP contribution is 2.24. The van der Waals surface area contributed by atoms with Gasteiger partial charge in [-0.25, -0.2) is 0 Å². The number of para-hydroxylation sites is 2. The first-order chi connectivity index (χ1) is 13.0. The predicted octanol–water partition coefficient (Wildman–Crippen LogP) is 4.05. The van der Waals surface area contributed by atoms with Gasteiger partial charge in [-0.2, -0.15) is 0 Å². The zero-order valence-corrected chi connectivity index (χ0v) is 15.4. The summed E-state index contributed by atoms with van der Waals surface area (Å²) in [6.45, 7) is 3.23. The van der Waals surface area contributed by atoms with Crippen molar-refractivity contribution in [1.82, 2.24) is 5.32 Å². The first kappa shape index (κ1) is 18.5. The molecule has 3 rings (SSSR count). The lowest BCUT2D eigenvalue weighted by molar-refractivity contribution is -0.123. The van der Waals surface area contributed by atoms with E-state index >= 15 is 0 Å². The van der Waals surface area contributed by atoms with Crippen LogP contribution < -0.4 is 15.4 Å². The third-order valence-corrected chi connectivity index (χ3v) is 4.21. The van der Waals surface area contributed by atoms with E-state index in [1.54, 1.807) is 24.3 Å². The first-order valence-corrected chi connectivity index (χ1v) is 8.80. The van der Waals surface area contributed by atoms with Gasteiger partial charge in [0.05, 0.1) is 11.7 Å². The zero-order valence-electron chi connectivity index (χ0n) is 15.4. The zero-order chi connectivity index (χ0) is 19.2. The number of hydrogen-bond acceptors (Lipinski definition) is 3. The molecule has 3 aromatic carbocycles. The van der Waals surface area contributed by atoms with Crippen LogP contribution >= 0.6 is 0 Å². The summed E-state index contributed by atoms with van der Waals surface area (Å²) in [5, 5.41) is 7.93. The van der Waals surface area contributed by atoms with Gasteiger partial charge < -0.3 is 15.4 Å². The number of benzene rings is 3. The maximum absolute atomic E-state index is 12.3. The molecule has 0 unspecified atom stereocenters. The van der Waals surface area contributed by atoms with Crippen molar-refractivity contribution in [2.75, 3.05) is 11.9 Å². The second-order valence-electron chi connectivity index (χ2n) is 6.36. The Bertz CT molecular complexity index is 968. The number of nitrogens with one attached hydrogen (secondary N) is 2. The highest BCUT2D eigenvalue weighted by Gasteiger charge is 2.12. The predicted molar refractivity (Wildman–Crippen MR) is 107 cm³/mol. The Morgan fingerprint density at radius 2 is 1.67 bits per heavy atom. The highest BCUT2D eigenvalue weighted by atomic mass is 16.5. The van der Waals surface area contributed by atoms with E-state index in [0.29, 0.717) is 11.4 Å². The number of ether oxygens (including phenoxy) is 1. The number of hydrogen-bond donors (Lipinski definition) is 2. The van der Waals surface area contributed by atoms with E-state index in [-0.39, 0.29) is 24.5 Å². The van der Waals surface area contributed by atoms with Crippen LogP contribution in [0.1, 0.15) is 25.5 Å². The Balaban J connectivity index is 1.61. The van der Waals surface area contributed by atoms with Crippen LogP contribution in [0.3, 0.4) is 0 Å². The van der Waals surface area contributed by atoms with Gasteiger partial charge in [-0.15, -0.1) is 0 Å². The minimum Gasteiger partial charge on any atom is -0.482 e. The number of rotatable bonds is 6. The smallest absolute Gasteiger partial charge is 0.258 e. The normalized spacial score (nSPS) is 11.6. The van der Waals surface area contributed by atoms with Gasteiger partial charge in [0.15, 0.2) is 6.61 Å². The van der Waals surface area contributed by atoms with E-state index in [9.17, 15) is 9.59 Å². The molecule has 0 saturated carbocycles. The lowest BCUT2D eigenvalue weighted by Crippen LogP contribution is -2.31. The largest absolute Gasteiger partial charge is 0.482 e. The Kier molecular flexibility index (Phi) is 5.71. The molecule has 138 valence electrons. The summed E-state index contributed by atoms with van der Waals surface area (Å²) >= 11 is 0. The Hall–Kier alpha value is -3.34. The molecule has 5 nitrogen and oxygen atoms in total. The summed E-state index contributed by atoms with van der Waals surface area (Å²) < 4.78 is 5.58. The minimum absolute atomic E-state index is 0.130. The van der Waals surface area contributed by atoms with Crippen LogP contribution in [0.25, 0.3) is 10.8 Å². The quantitative estimate of drug-likeness (QED) is 0.695. The molecule has 3 aromatic rings. The maximum Gasteiger partial charge on any atom is 0.258 e.